The van der Waals surface area contributed by atoms with Crippen molar-refractivity contribution in [1.82, 2.24) is 5.32 Å². The fraction of sp³-hybridized carbons (Fsp3) is 0.571. The number of ether oxygens (including phenoxy) is 1. The molecule has 0 spiro atoms. The fourth-order valence-corrected chi connectivity index (χ4v) is 1.83. The van der Waals surface area contributed by atoms with Gasteiger partial charge >= 0.3 is 0 Å². The summed E-state index contributed by atoms with van der Waals surface area (Å²) in [4.78, 5) is 0. The van der Waals surface area contributed by atoms with Gasteiger partial charge in [0, 0.05) is 11.3 Å². The molecule has 0 bridgehead atoms. The fourth-order valence-electron chi connectivity index (χ4n) is 1.72. The lowest BCUT2D eigenvalue weighted by molar-refractivity contribution is 0.415. The molecule has 0 aromatic heterocycles. The molecule has 1 heterocycles. The first-order valence-electron chi connectivity index (χ1n) is 6.18. The van der Waals surface area contributed by atoms with Crippen LogP contribution in [0.3, 0.4) is 0 Å². The van der Waals surface area contributed by atoms with Crippen LogP contribution in [0.5, 0.6) is 0 Å². The predicted molar refractivity (Wildman–Crippen MR) is 74.5 cm³/mol. The lowest BCUT2D eigenvalue weighted by atomic mass is 10.1. The van der Waals surface area contributed by atoms with Gasteiger partial charge in [-0.15, -0.1) is 0 Å². The van der Waals surface area contributed by atoms with Gasteiger partial charge in [-0.05, 0) is 24.1 Å². The van der Waals surface area contributed by atoms with E-state index >= 15 is 0 Å². The van der Waals surface area contributed by atoms with Gasteiger partial charge in [0.15, 0.2) is 0 Å². The van der Waals surface area contributed by atoms with Crippen molar-refractivity contribution in [1.29, 1.82) is 0 Å². The van der Waals surface area contributed by atoms with Gasteiger partial charge in [-0.2, -0.15) is 12.6 Å². The average Bonchev–Trinajstić information content (AvgIpc) is 3.08. The Morgan fingerprint density at radius 1 is 1.35 bits per heavy atom. The average molecular weight is 251 g/mol. The van der Waals surface area contributed by atoms with Gasteiger partial charge in [0.1, 0.15) is 6.10 Å². The van der Waals surface area contributed by atoms with E-state index in [0.29, 0.717) is 6.10 Å². The molecule has 1 aliphatic rings. The van der Waals surface area contributed by atoms with Crippen LogP contribution in [-0.4, -0.2) is 17.9 Å². The lowest BCUT2D eigenvalue weighted by Crippen LogP contribution is -2.22. The van der Waals surface area contributed by atoms with Crippen molar-refractivity contribution in [3.63, 3.8) is 0 Å². The number of benzene rings is 1. The van der Waals surface area contributed by atoms with E-state index in [-0.39, 0.29) is 4.75 Å². The van der Waals surface area contributed by atoms with E-state index in [4.69, 9.17) is 4.74 Å². The first-order valence-corrected chi connectivity index (χ1v) is 6.63. The van der Waals surface area contributed by atoms with Crippen LogP contribution in [-0.2, 0) is 11.3 Å². The largest absolute Gasteiger partial charge is 0.368 e. The van der Waals surface area contributed by atoms with Gasteiger partial charge in [-0.25, -0.2) is 0 Å². The second kappa shape index (κ2) is 5.42. The third kappa shape index (κ3) is 4.70. The standard InChI is InChI=1S/C14H21NOS/c1-14(2,17)7-8-15-9-11-3-5-12(6-4-11)13-10-16-13/h3-6,13,15,17H,7-10H2,1-2H3. The molecule has 1 unspecified atom stereocenters. The SMILES string of the molecule is CC(C)(S)CCNCc1ccc(C2CO2)cc1. The van der Waals surface area contributed by atoms with Crippen LogP contribution in [0.25, 0.3) is 0 Å². The van der Waals surface area contributed by atoms with Crippen molar-refractivity contribution < 1.29 is 4.74 Å². The molecule has 1 aromatic carbocycles. The maximum Gasteiger partial charge on any atom is 0.106 e. The molecule has 1 saturated heterocycles. The zero-order valence-corrected chi connectivity index (χ0v) is 11.5. The summed E-state index contributed by atoms with van der Waals surface area (Å²) in [5, 5.41) is 3.44. The van der Waals surface area contributed by atoms with Crippen molar-refractivity contribution in [3.05, 3.63) is 35.4 Å². The smallest absolute Gasteiger partial charge is 0.106 e. The molecular formula is C14H21NOS. The summed E-state index contributed by atoms with van der Waals surface area (Å²) in [6.45, 7) is 7.10. The number of hydrogen-bond donors (Lipinski definition) is 2. The van der Waals surface area contributed by atoms with Crippen LogP contribution in [0.4, 0.5) is 0 Å². The molecule has 2 nitrogen and oxygen atoms in total. The predicted octanol–water partition coefficient (Wildman–Crippen LogP) is 2.95. The Balaban J connectivity index is 1.71. The summed E-state index contributed by atoms with van der Waals surface area (Å²) in [7, 11) is 0. The third-order valence-electron chi connectivity index (χ3n) is 2.93. The van der Waals surface area contributed by atoms with Crippen LogP contribution < -0.4 is 5.32 Å². The van der Waals surface area contributed by atoms with Crippen molar-refractivity contribution in [3.8, 4) is 0 Å². The summed E-state index contributed by atoms with van der Waals surface area (Å²) in [5.74, 6) is 0. The minimum absolute atomic E-state index is 0.111. The van der Waals surface area contributed by atoms with Gasteiger partial charge in [0.25, 0.3) is 0 Å². The molecule has 1 fully saturated rings. The molecule has 3 heteroatoms. The quantitative estimate of drug-likeness (QED) is 0.461. The maximum absolute atomic E-state index is 5.25. The molecule has 0 aliphatic carbocycles. The Kier molecular flexibility index (Phi) is 4.13. The highest BCUT2D eigenvalue weighted by Crippen LogP contribution is 2.29. The first-order chi connectivity index (χ1) is 8.04. The number of thiol groups is 1. The highest BCUT2D eigenvalue weighted by atomic mass is 32.1. The van der Waals surface area contributed by atoms with Crippen LogP contribution in [0.1, 0.15) is 37.5 Å². The number of hydrogen-bond acceptors (Lipinski definition) is 3. The minimum Gasteiger partial charge on any atom is -0.368 e. The molecule has 2 rings (SSSR count). The highest BCUT2D eigenvalue weighted by molar-refractivity contribution is 7.81. The Morgan fingerprint density at radius 3 is 2.53 bits per heavy atom. The maximum atomic E-state index is 5.25. The molecule has 1 aliphatic heterocycles. The van der Waals surface area contributed by atoms with Crippen molar-refractivity contribution in [2.24, 2.45) is 0 Å². The Labute approximate surface area is 109 Å². The minimum atomic E-state index is 0.111. The van der Waals surface area contributed by atoms with Gasteiger partial charge < -0.3 is 10.1 Å². The van der Waals surface area contributed by atoms with Crippen LogP contribution in [0.2, 0.25) is 0 Å². The summed E-state index contributed by atoms with van der Waals surface area (Å²) in [6, 6.07) is 8.68. The topological polar surface area (TPSA) is 24.6 Å². The number of nitrogens with one attached hydrogen (secondary N) is 1. The highest BCUT2D eigenvalue weighted by Gasteiger charge is 2.24. The van der Waals surface area contributed by atoms with Crippen molar-refractivity contribution in [2.75, 3.05) is 13.2 Å². The van der Waals surface area contributed by atoms with Crippen LogP contribution in [0.15, 0.2) is 24.3 Å². The van der Waals surface area contributed by atoms with E-state index in [1.807, 2.05) is 0 Å². The lowest BCUT2D eigenvalue weighted by Gasteiger charge is -2.17. The Bertz CT molecular complexity index is 351. The Hall–Kier alpha value is -0.510. The van der Waals surface area contributed by atoms with Crippen LogP contribution in [0, 0.1) is 0 Å². The molecule has 0 radical (unpaired) electrons. The third-order valence-corrected chi connectivity index (χ3v) is 3.15. The van der Waals surface area contributed by atoms with Crippen molar-refractivity contribution in [2.45, 2.75) is 37.7 Å². The summed E-state index contributed by atoms with van der Waals surface area (Å²) >= 11 is 4.50. The van der Waals surface area contributed by atoms with E-state index in [1.54, 1.807) is 0 Å². The molecule has 17 heavy (non-hydrogen) atoms. The first kappa shape index (κ1) is 12.9. The molecule has 0 amide bonds. The normalized spacial score (nSPS) is 19.4. The summed E-state index contributed by atoms with van der Waals surface area (Å²) in [5.41, 5.74) is 2.62. The van der Waals surface area contributed by atoms with Gasteiger partial charge in [0.2, 0.25) is 0 Å². The molecule has 94 valence electrons. The molecule has 1 N–H and O–H groups in total. The van der Waals surface area contributed by atoms with E-state index in [0.717, 1.165) is 26.1 Å². The molecule has 1 atom stereocenters. The van der Waals surface area contributed by atoms with Crippen LogP contribution >= 0.6 is 12.6 Å². The molecule has 0 saturated carbocycles. The van der Waals surface area contributed by atoms with E-state index in [9.17, 15) is 0 Å². The zero-order valence-electron chi connectivity index (χ0n) is 10.6. The van der Waals surface area contributed by atoms with Crippen molar-refractivity contribution >= 4 is 12.6 Å². The second-order valence-electron chi connectivity index (χ2n) is 5.30. The number of epoxide rings is 1. The molecule has 1 aromatic rings. The van der Waals surface area contributed by atoms with Gasteiger partial charge in [-0.1, -0.05) is 38.1 Å². The second-order valence-corrected chi connectivity index (χ2v) is 6.51. The Morgan fingerprint density at radius 2 is 2.00 bits per heavy atom. The van der Waals surface area contributed by atoms with E-state index < -0.39 is 0 Å². The summed E-state index contributed by atoms with van der Waals surface area (Å²) in [6.07, 6.45) is 1.44. The summed E-state index contributed by atoms with van der Waals surface area (Å²) < 4.78 is 5.36. The van der Waals surface area contributed by atoms with Gasteiger partial charge in [0.05, 0.1) is 6.61 Å². The van der Waals surface area contributed by atoms with E-state index in [1.165, 1.54) is 11.1 Å². The monoisotopic (exact) mass is 251 g/mol. The molecular weight excluding hydrogens is 230 g/mol. The van der Waals surface area contributed by atoms with Gasteiger partial charge in [-0.3, -0.25) is 0 Å². The zero-order chi connectivity index (χ0) is 12.3. The van der Waals surface area contributed by atoms with E-state index in [2.05, 4.69) is 56.1 Å². The number of rotatable bonds is 6.